The number of methoxy groups -OCH3 is 2. The van der Waals surface area contributed by atoms with Gasteiger partial charge in [-0.25, -0.2) is 4.39 Å². The van der Waals surface area contributed by atoms with Gasteiger partial charge < -0.3 is 15.2 Å². The summed E-state index contributed by atoms with van der Waals surface area (Å²) in [5.74, 6) is 0.237. The summed E-state index contributed by atoms with van der Waals surface area (Å²) in [6, 6.07) is 7.85. The minimum atomic E-state index is -0.405. The fraction of sp³-hybridized carbons (Fsp3) is 0.286. The van der Waals surface area contributed by atoms with E-state index in [0.29, 0.717) is 18.0 Å². The minimum absolute atomic E-state index is 0.214. The van der Waals surface area contributed by atoms with Gasteiger partial charge in [-0.3, -0.25) is 0 Å². The monoisotopic (exact) mass is 277 g/mol. The highest BCUT2D eigenvalue weighted by Crippen LogP contribution is 2.21. The molecule has 1 aromatic heterocycles. The number of hydrogen-bond acceptors (Lipinski definition) is 5. The maximum atomic E-state index is 13.6. The highest BCUT2D eigenvalue weighted by atomic mass is 19.1. The van der Waals surface area contributed by atoms with Gasteiger partial charge in [0.1, 0.15) is 0 Å². The average Bonchev–Trinajstić information content (AvgIpc) is 2.47. The Morgan fingerprint density at radius 2 is 1.95 bits per heavy atom. The van der Waals surface area contributed by atoms with Crippen molar-refractivity contribution in [2.75, 3.05) is 14.2 Å². The molecule has 5 nitrogen and oxygen atoms in total. The van der Waals surface area contributed by atoms with Crippen molar-refractivity contribution in [1.29, 1.82) is 0 Å². The first-order valence-electron chi connectivity index (χ1n) is 6.09. The van der Waals surface area contributed by atoms with Gasteiger partial charge in [0.15, 0.2) is 11.6 Å². The molecule has 0 spiro atoms. The second-order valence-electron chi connectivity index (χ2n) is 4.28. The second-order valence-corrected chi connectivity index (χ2v) is 4.28. The molecule has 106 valence electrons. The summed E-state index contributed by atoms with van der Waals surface area (Å²) in [7, 11) is 2.94. The SMILES string of the molecule is COc1ccc(C(N)Cc2ccc(OC)c(F)c2)nn1. The van der Waals surface area contributed by atoms with Crippen LogP contribution in [0.2, 0.25) is 0 Å². The predicted molar refractivity (Wildman–Crippen MR) is 72.2 cm³/mol. The number of rotatable bonds is 5. The normalized spacial score (nSPS) is 12.0. The summed E-state index contributed by atoms with van der Waals surface area (Å²) in [4.78, 5) is 0. The fourth-order valence-corrected chi connectivity index (χ4v) is 1.83. The summed E-state index contributed by atoms with van der Waals surface area (Å²) >= 11 is 0. The Bertz CT molecular complexity index is 575. The molecule has 0 radical (unpaired) electrons. The average molecular weight is 277 g/mol. The molecule has 2 N–H and O–H groups in total. The summed E-state index contributed by atoms with van der Waals surface area (Å²) < 4.78 is 23.4. The number of aromatic nitrogens is 2. The first-order valence-corrected chi connectivity index (χ1v) is 6.09. The Morgan fingerprint density at radius 1 is 1.15 bits per heavy atom. The van der Waals surface area contributed by atoms with E-state index in [1.807, 2.05) is 0 Å². The number of nitrogens with zero attached hydrogens (tertiary/aromatic N) is 2. The summed E-state index contributed by atoms with van der Waals surface area (Å²) in [6.45, 7) is 0. The number of hydrogen-bond donors (Lipinski definition) is 1. The van der Waals surface area contributed by atoms with Crippen molar-refractivity contribution in [3.8, 4) is 11.6 Å². The molecule has 1 heterocycles. The molecule has 0 aliphatic carbocycles. The van der Waals surface area contributed by atoms with E-state index in [2.05, 4.69) is 10.2 Å². The van der Waals surface area contributed by atoms with Crippen molar-refractivity contribution < 1.29 is 13.9 Å². The quantitative estimate of drug-likeness (QED) is 0.903. The van der Waals surface area contributed by atoms with Gasteiger partial charge in [-0.05, 0) is 30.2 Å². The molecule has 20 heavy (non-hydrogen) atoms. The number of nitrogens with two attached hydrogens (primary N) is 1. The smallest absolute Gasteiger partial charge is 0.233 e. The molecular weight excluding hydrogens is 261 g/mol. The standard InChI is InChI=1S/C14H16FN3O2/c1-19-13-5-3-9(7-10(13)15)8-11(16)12-4-6-14(20-2)18-17-12/h3-7,11H,8,16H2,1-2H3. The van der Waals surface area contributed by atoms with Gasteiger partial charge in [0.05, 0.1) is 26.0 Å². The highest BCUT2D eigenvalue weighted by Gasteiger charge is 2.11. The van der Waals surface area contributed by atoms with Crippen molar-refractivity contribution in [1.82, 2.24) is 10.2 Å². The highest BCUT2D eigenvalue weighted by molar-refractivity contribution is 5.30. The van der Waals surface area contributed by atoms with E-state index < -0.39 is 5.82 Å². The molecule has 0 aliphatic rings. The minimum Gasteiger partial charge on any atom is -0.494 e. The Balaban J connectivity index is 2.10. The Kier molecular flexibility index (Phi) is 4.47. The Labute approximate surface area is 116 Å². The maximum Gasteiger partial charge on any atom is 0.233 e. The van der Waals surface area contributed by atoms with Gasteiger partial charge in [0.25, 0.3) is 0 Å². The Morgan fingerprint density at radius 3 is 2.50 bits per heavy atom. The van der Waals surface area contributed by atoms with Crippen LogP contribution in [0.25, 0.3) is 0 Å². The van der Waals surface area contributed by atoms with E-state index >= 15 is 0 Å². The molecule has 2 aromatic rings. The molecule has 0 aliphatic heterocycles. The van der Waals surface area contributed by atoms with Crippen molar-refractivity contribution in [2.24, 2.45) is 5.73 Å². The van der Waals surface area contributed by atoms with Crippen LogP contribution in [-0.2, 0) is 6.42 Å². The van der Waals surface area contributed by atoms with Crippen molar-refractivity contribution in [3.05, 3.63) is 47.4 Å². The van der Waals surface area contributed by atoms with Crippen LogP contribution < -0.4 is 15.2 Å². The van der Waals surface area contributed by atoms with E-state index in [9.17, 15) is 4.39 Å². The third-order valence-corrected chi connectivity index (χ3v) is 2.92. The van der Waals surface area contributed by atoms with Gasteiger partial charge in [-0.2, -0.15) is 5.10 Å². The van der Waals surface area contributed by atoms with Gasteiger partial charge in [0.2, 0.25) is 5.88 Å². The van der Waals surface area contributed by atoms with Crippen molar-refractivity contribution >= 4 is 0 Å². The second kappa shape index (κ2) is 6.29. The van der Waals surface area contributed by atoms with Gasteiger partial charge >= 0.3 is 0 Å². The van der Waals surface area contributed by atoms with Crippen LogP contribution >= 0.6 is 0 Å². The molecule has 0 amide bonds. The summed E-state index contributed by atoms with van der Waals surface area (Å²) in [6.07, 6.45) is 0.460. The van der Waals surface area contributed by atoms with Crippen LogP contribution in [0.3, 0.4) is 0 Å². The largest absolute Gasteiger partial charge is 0.494 e. The van der Waals surface area contributed by atoms with Crippen LogP contribution in [-0.4, -0.2) is 24.4 Å². The maximum absolute atomic E-state index is 13.6. The predicted octanol–water partition coefficient (Wildman–Crippen LogP) is 1.88. The first-order chi connectivity index (χ1) is 9.63. The number of ether oxygens (including phenoxy) is 2. The molecule has 0 saturated heterocycles. The fourth-order valence-electron chi connectivity index (χ4n) is 1.83. The molecule has 2 rings (SSSR count). The lowest BCUT2D eigenvalue weighted by Crippen LogP contribution is -2.15. The Hall–Kier alpha value is -2.21. The molecule has 0 fully saturated rings. The van der Waals surface area contributed by atoms with E-state index in [1.165, 1.54) is 20.3 Å². The van der Waals surface area contributed by atoms with Gasteiger partial charge in [-0.1, -0.05) is 6.07 Å². The topological polar surface area (TPSA) is 70.3 Å². The summed E-state index contributed by atoms with van der Waals surface area (Å²) in [5, 5.41) is 7.84. The van der Waals surface area contributed by atoms with E-state index in [-0.39, 0.29) is 11.8 Å². The van der Waals surface area contributed by atoms with E-state index in [1.54, 1.807) is 24.3 Å². The summed E-state index contributed by atoms with van der Waals surface area (Å²) in [5.41, 5.74) is 7.44. The number of benzene rings is 1. The zero-order valence-corrected chi connectivity index (χ0v) is 11.3. The van der Waals surface area contributed by atoms with E-state index in [4.69, 9.17) is 15.2 Å². The molecule has 1 aromatic carbocycles. The molecule has 1 unspecified atom stereocenters. The molecule has 0 saturated carbocycles. The first kappa shape index (κ1) is 14.2. The van der Waals surface area contributed by atoms with Crippen LogP contribution in [0, 0.1) is 5.82 Å². The van der Waals surface area contributed by atoms with Gasteiger partial charge in [0, 0.05) is 6.07 Å². The zero-order chi connectivity index (χ0) is 14.5. The molecule has 6 heteroatoms. The van der Waals surface area contributed by atoms with E-state index in [0.717, 1.165) is 5.56 Å². The molecule has 0 bridgehead atoms. The molecule has 1 atom stereocenters. The molecular formula is C14H16FN3O2. The van der Waals surface area contributed by atoms with Crippen LogP contribution in [0.15, 0.2) is 30.3 Å². The lowest BCUT2D eigenvalue weighted by atomic mass is 10.0. The third-order valence-electron chi connectivity index (χ3n) is 2.92. The third kappa shape index (κ3) is 3.21. The van der Waals surface area contributed by atoms with Gasteiger partial charge in [-0.15, -0.1) is 5.10 Å². The zero-order valence-electron chi connectivity index (χ0n) is 11.3. The van der Waals surface area contributed by atoms with Crippen molar-refractivity contribution in [2.45, 2.75) is 12.5 Å². The lowest BCUT2D eigenvalue weighted by Gasteiger charge is -2.11. The van der Waals surface area contributed by atoms with Crippen LogP contribution in [0.1, 0.15) is 17.3 Å². The van der Waals surface area contributed by atoms with Crippen molar-refractivity contribution in [3.63, 3.8) is 0 Å². The van der Waals surface area contributed by atoms with Crippen LogP contribution in [0.5, 0.6) is 11.6 Å². The number of halogens is 1. The van der Waals surface area contributed by atoms with Crippen LogP contribution in [0.4, 0.5) is 4.39 Å². The lowest BCUT2D eigenvalue weighted by molar-refractivity contribution is 0.386.